The molecule has 1 aromatic heterocycles. The Morgan fingerprint density at radius 2 is 1.87 bits per heavy atom. The molecule has 0 radical (unpaired) electrons. The van der Waals surface area contributed by atoms with Gasteiger partial charge >= 0.3 is 0 Å². The Labute approximate surface area is 182 Å². The largest absolute Gasteiger partial charge is 0.508 e. The number of carbonyl (C=O) groups is 1. The second-order valence-electron chi connectivity index (χ2n) is 7.97. The Kier molecular flexibility index (Phi) is 6.02. The van der Waals surface area contributed by atoms with Crippen molar-refractivity contribution >= 4 is 26.8 Å². The molecule has 2 N–H and O–H groups in total. The van der Waals surface area contributed by atoms with Crippen molar-refractivity contribution in [1.82, 2.24) is 14.2 Å². The van der Waals surface area contributed by atoms with Crippen molar-refractivity contribution in [2.75, 3.05) is 13.1 Å². The van der Waals surface area contributed by atoms with E-state index in [1.54, 1.807) is 53.8 Å². The van der Waals surface area contributed by atoms with E-state index in [0.29, 0.717) is 24.5 Å². The summed E-state index contributed by atoms with van der Waals surface area (Å²) in [6.45, 7) is 3.25. The minimum atomic E-state index is -3.50. The number of aromatic hydroxyl groups is 1. The van der Waals surface area contributed by atoms with Crippen LogP contribution in [0.15, 0.2) is 59.6 Å². The van der Waals surface area contributed by atoms with E-state index < -0.39 is 16.1 Å². The van der Waals surface area contributed by atoms with Crippen LogP contribution in [0, 0.1) is 0 Å². The first-order valence-corrected chi connectivity index (χ1v) is 12.0. The second kappa shape index (κ2) is 8.72. The molecule has 2 heterocycles. The standard InChI is InChI=1S/C23H27N3O4S/c1-17(23(28)24-16-18-6-5-7-20(27)14-18)26-13-10-19-15-21(8-9-22(19)26)31(29,30)25-11-3-2-4-12-25/h5-10,13-15,17,27H,2-4,11-12,16H2,1H3,(H,24,28). The van der Waals surface area contributed by atoms with Gasteiger partial charge in [-0.2, -0.15) is 4.31 Å². The van der Waals surface area contributed by atoms with Crippen molar-refractivity contribution in [3.8, 4) is 5.75 Å². The van der Waals surface area contributed by atoms with Crippen molar-refractivity contribution in [2.24, 2.45) is 0 Å². The van der Waals surface area contributed by atoms with Crippen LogP contribution in [0.5, 0.6) is 5.75 Å². The van der Waals surface area contributed by atoms with Crippen LogP contribution in [0.3, 0.4) is 0 Å². The lowest BCUT2D eigenvalue weighted by atomic mass is 10.2. The van der Waals surface area contributed by atoms with E-state index >= 15 is 0 Å². The van der Waals surface area contributed by atoms with Gasteiger partial charge in [-0.1, -0.05) is 18.6 Å². The Balaban J connectivity index is 1.51. The van der Waals surface area contributed by atoms with Crippen molar-refractivity contribution in [3.63, 3.8) is 0 Å². The van der Waals surface area contributed by atoms with Crippen LogP contribution in [0.4, 0.5) is 0 Å². The minimum Gasteiger partial charge on any atom is -0.508 e. The summed E-state index contributed by atoms with van der Waals surface area (Å²) < 4.78 is 29.3. The molecule has 31 heavy (non-hydrogen) atoms. The van der Waals surface area contributed by atoms with Gasteiger partial charge in [0.1, 0.15) is 11.8 Å². The molecule has 0 spiro atoms. The number of nitrogens with one attached hydrogen (secondary N) is 1. The normalized spacial score (nSPS) is 16.3. The van der Waals surface area contributed by atoms with Gasteiger partial charge in [0, 0.05) is 36.7 Å². The first-order valence-electron chi connectivity index (χ1n) is 10.5. The third-order valence-electron chi connectivity index (χ3n) is 5.82. The van der Waals surface area contributed by atoms with Gasteiger partial charge in [-0.3, -0.25) is 4.79 Å². The van der Waals surface area contributed by atoms with Crippen LogP contribution < -0.4 is 5.32 Å². The molecular formula is C23H27N3O4S. The number of hydrogen-bond donors (Lipinski definition) is 2. The van der Waals surface area contributed by atoms with E-state index in [1.807, 2.05) is 16.7 Å². The summed E-state index contributed by atoms with van der Waals surface area (Å²) >= 11 is 0. The molecule has 1 unspecified atom stereocenters. The third kappa shape index (κ3) is 4.45. The quantitative estimate of drug-likeness (QED) is 0.613. The summed E-state index contributed by atoms with van der Waals surface area (Å²) in [5.41, 5.74) is 1.61. The highest BCUT2D eigenvalue weighted by atomic mass is 32.2. The second-order valence-corrected chi connectivity index (χ2v) is 9.91. The topological polar surface area (TPSA) is 91.6 Å². The highest BCUT2D eigenvalue weighted by Gasteiger charge is 2.26. The zero-order chi connectivity index (χ0) is 22.0. The zero-order valence-corrected chi connectivity index (χ0v) is 18.3. The first kappa shape index (κ1) is 21.4. The average Bonchev–Trinajstić information content (AvgIpc) is 3.21. The van der Waals surface area contributed by atoms with Gasteiger partial charge in [-0.15, -0.1) is 0 Å². The summed E-state index contributed by atoms with van der Waals surface area (Å²) in [6, 6.07) is 13.2. The molecule has 3 aromatic rings. The van der Waals surface area contributed by atoms with Gasteiger partial charge in [0.25, 0.3) is 0 Å². The predicted octanol–water partition coefficient (Wildman–Crippen LogP) is 3.40. The monoisotopic (exact) mass is 441 g/mol. The number of amides is 1. The van der Waals surface area contributed by atoms with Gasteiger partial charge in [0.2, 0.25) is 15.9 Å². The molecule has 1 aliphatic heterocycles. The summed E-state index contributed by atoms with van der Waals surface area (Å²) in [4.78, 5) is 13.0. The zero-order valence-electron chi connectivity index (χ0n) is 17.5. The molecule has 164 valence electrons. The molecule has 0 saturated carbocycles. The SMILES string of the molecule is CC(C(=O)NCc1cccc(O)c1)n1ccc2cc(S(=O)(=O)N3CCCCC3)ccc21. The maximum Gasteiger partial charge on any atom is 0.243 e. The number of sulfonamides is 1. The number of aromatic nitrogens is 1. The Morgan fingerprint density at radius 3 is 2.61 bits per heavy atom. The molecule has 2 aromatic carbocycles. The fourth-order valence-electron chi connectivity index (χ4n) is 4.02. The smallest absolute Gasteiger partial charge is 0.243 e. The van der Waals surface area contributed by atoms with Crippen LogP contribution in [0.1, 0.15) is 37.8 Å². The molecule has 7 nitrogen and oxygen atoms in total. The van der Waals surface area contributed by atoms with Crippen molar-refractivity contribution in [1.29, 1.82) is 0 Å². The van der Waals surface area contributed by atoms with E-state index in [1.165, 1.54) is 0 Å². The van der Waals surface area contributed by atoms with Crippen LogP contribution in [-0.4, -0.2) is 41.4 Å². The molecular weight excluding hydrogens is 414 g/mol. The molecule has 0 bridgehead atoms. The van der Waals surface area contributed by atoms with Gasteiger partial charge in [0.15, 0.2) is 0 Å². The summed E-state index contributed by atoms with van der Waals surface area (Å²) in [5.74, 6) is -0.00244. The summed E-state index contributed by atoms with van der Waals surface area (Å²) in [7, 11) is -3.50. The Morgan fingerprint density at radius 1 is 1.10 bits per heavy atom. The lowest BCUT2D eigenvalue weighted by Crippen LogP contribution is -2.35. The summed E-state index contributed by atoms with van der Waals surface area (Å²) in [5, 5.41) is 13.2. The van der Waals surface area contributed by atoms with E-state index in [-0.39, 0.29) is 11.7 Å². The summed E-state index contributed by atoms with van der Waals surface area (Å²) in [6.07, 6.45) is 4.67. The maximum absolute atomic E-state index is 13.0. The lowest BCUT2D eigenvalue weighted by Gasteiger charge is -2.26. The average molecular weight is 442 g/mol. The van der Waals surface area contributed by atoms with E-state index in [9.17, 15) is 18.3 Å². The maximum atomic E-state index is 13.0. The van der Waals surface area contributed by atoms with E-state index in [4.69, 9.17) is 0 Å². The van der Waals surface area contributed by atoms with Gasteiger partial charge in [-0.05, 0) is 61.7 Å². The lowest BCUT2D eigenvalue weighted by molar-refractivity contribution is -0.123. The van der Waals surface area contributed by atoms with Crippen LogP contribution in [0.25, 0.3) is 10.9 Å². The number of nitrogens with zero attached hydrogens (tertiary/aromatic N) is 2. The van der Waals surface area contributed by atoms with Crippen molar-refractivity contribution < 1.29 is 18.3 Å². The fourth-order valence-corrected chi connectivity index (χ4v) is 5.58. The van der Waals surface area contributed by atoms with Crippen molar-refractivity contribution in [2.45, 2.75) is 43.7 Å². The van der Waals surface area contributed by atoms with Crippen molar-refractivity contribution in [3.05, 3.63) is 60.3 Å². The number of phenols is 1. The van der Waals surface area contributed by atoms with E-state index in [0.717, 1.165) is 35.7 Å². The molecule has 1 atom stereocenters. The molecule has 1 aliphatic rings. The molecule has 1 amide bonds. The van der Waals surface area contributed by atoms with Crippen LogP contribution in [0.2, 0.25) is 0 Å². The molecule has 8 heteroatoms. The molecule has 0 aliphatic carbocycles. The minimum absolute atomic E-state index is 0.159. The molecule has 1 saturated heterocycles. The highest BCUT2D eigenvalue weighted by Crippen LogP contribution is 2.26. The van der Waals surface area contributed by atoms with Crippen LogP contribution >= 0.6 is 0 Å². The van der Waals surface area contributed by atoms with Gasteiger partial charge in [-0.25, -0.2) is 8.42 Å². The number of hydrogen-bond acceptors (Lipinski definition) is 4. The fraction of sp³-hybridized carbons (Fsp3) is 0.348. The highest BCUT2D eigenvalue weighted by molar-refractivity contribution is 7.89. The Hall–Kier alpha value is -2.84. The third-order valence-corrected chi connectivity index (χ3v) is 7.71. The predicted molar refractivity (Wildman–Crippen MR) is 119 cm³/mol. The first-order chi connectivity index (χ1) is 14.9. The van der Waals surface area contributed by atoms with Gasteiger partial charge in [0.05, 0.1) is 4.90 Å². The number of fused-ring (bicyclic) bond motifs is 1. The number of rotatable bonds is 6. The van der Waals surface area contributed by atoms with Gasteiger partial charge < -0.3 is 15.0 Å². The molecule has 4 rings (SSSR count). The number of carbonyl (C=O) groups excluding carboxylic acids is 1. The molecule has 1 fully saturated rings. The number of benzene rings is 2. The van der Waals surface area contributed by atoms with E-state index in [2.05, 4.69) is 5.32 Å². The number of phenolic OH excluding ortho intramolecular Hbond substituents is 1. The number of piperidine rings is 1. The Bertz CT molecular complexity index is 1200. The van der Waals surface area contributed by atoms with Crippen LogP contribution in [-0.2, 0) is 21.4 Å².